The van der Waals surface area contributed by atoms with Crippen LogP contribution in [0.3, 0.4) is 0 Å². The van der Waals surface area contributed by atoms with Gasteiger partial charge >= 0.3 is 0 Å². The second-order valence-electron chi connectivity index (χ2n) is 13.5. The van der Waals surface area contributed by atoms with E-state index in [1.807, 2.05) is 0 Å². The number of benzene rings is 7. The van der Waals surface area contributed by atoms with Gasteiger partial charge in [0.25, 0.3) is 0 Å². The first kappa shape index (κ1) is 26.5. The Morgan fingerprint density at radius 1 is 0.422 bits per heavy atom. The zero-order valence-corrected chi connectivity index (χ0v) is 26.0. The Bertz CT molecular complexity index is 2280. The average molecular weight is 577 g/mol. The van der Waals surface area contributed by atoms with Gasteiger partial charge in [-0.1, -0.05) is 135 Å². The van der Waals surface area contributed by atoms with Gasteiger partial charge in [-0.05, 0) is 126 Å². The summed E-state index contributed by atoms with van der Waals surface area (Å²) in [6.07, 6.45) is 4.89. The summed E-state index contributed by atoms with van der Waals surface area (Å²) in [4.78, 5) is 0. The van der Waals surface area contributed by atoms with Crippen molar-refractivity contribution in [3.05, 3.63) is 156 Å². The van der Waals surface area contributed by atoms with E-state index in [-0.39, 0.29) is 5.41 Å². The van der Waals surface area contributed by atoms with Crippen LogP contribution in [0.4, 0.5) is 0 Å². The molecule has 0 aromatic heterocycles. The largest absolute Gasteiger partial charge is 0.0622 e. The summed E-state index contributed by atoms with van der Waals surface area (Å²) in [7, 11) is 0. The fourth-order valence-electron chi connectivity index (χ4n) is 8.48. The van der Waals surface area contributed by atoms with Gasteiger partial charge in [-0.25, -0.2) is 0 Å². The Kier molecular flexibility index (Phi) is 5.91. The molecule has 0 nitrogen and oxygen atoms in total. The van der Waals surface area contributed by atoms with E-state index in [2.05, 4.69) is 147 Å². The van der Waals surface area contributed by atoms with E-state index in [0.29, 0.717) is 0 Å². The van der Waals surface area contributed by atoms with E-state index in [9.17, 15) is 0 Å². The SMILES string of the molecule is CC1(C)c2ccccc2-c2cc(-c3c4ccccc4c(-c4cccc5c4CCCC5)c4ccc(-c5ccccc5)cc34)ccc21. The number of hydrogen-bond donors (Lipinski definition) is 0. The molecule has 0 spiro atoms. The normalized spacial score (nSPS) is 14.7. The lowest BCUT2D eigenvalue weighted by Gasteiger charge is -2.24. The maximum absolute atomic E-state index is 2.48. The molecule has 0 fully saturated rings. The van der Waals surface area contributed by atoms with Crippen LogP contribution in [0.1, 0.15) is 48.9 Å². The van der Waals surface area contributed by atoms with Gasteiger partial charge in [0.2, 0.25) is 0 Å². The average Bonchev–Trinajstić information content (AvgIpc) is 3.32. The quantitative estimate of drug-likeness (QED) is 0.184. The molecule has 7 aromatic carbocycles. The minimum absolute atomic E-state index is 0.00860. The van der Waals surface area contributed by atoms with Crippen molar-refractivity contribution in [2.75, 3.05) is 0 Å². The topological polar surface area (TPSA) is 0 Å². The molecule has 0 saturated carbocycles. The molecule has 7 aromatic rings. The second-order valence-corrected chi connectivity index (χ2v) is 13.5. The zero-order valence-electron chi connectivity index (χ0n) is 26.0. The van der Waals surface area contributed by atoms with Crippen LogP contribution in [0.2, 0.25) is 0 Å². The Morgan fingerprint density at radius 2 is 1.09 bits per heavy atom. The molecular weight excluding hydrogens is 540 g/mol. The Labute approximate surface area is 266 Å². The van der Waals surface area contributed by atoms with Crippen molar-refractivity contribution in [2.24, 2.45) is 0 Å². The van der Waals surface area contributed by atoms with E-state index >= 15 is 0 Å². The van der Waals surface area contributed by atoms with Gasteiger partial charge in [0.05, 0.1) is 0 Å². The highest BCUT2D eigenvalue weighted by molar-refractivity contribution is 6.22. The van der Waals surface area contributed by atoms with Gasteiger partial charge < -0.3 is 0 Å². The first-order valence-corrected chi connectivity index (χ1v) is 16.5. The Hall–Kier alpha value is -4.94. The lowest BCUT2D eigenvalue weighted by Crippen LogP contribution is -2.14. The smallest absolute Gasteiger partial charge is 0.0158 e. The van der Waals surface area contributed by atoms with Crippen LogP contribution < -0.4 is 0 Å². The summed E-state index contributed by atoms with van der Waals surface area (Å²) in [6, 6.07) is 50.4. The van der Waals surface area contributed by atoms with Crippen LogP contribution >= 0.6 is 0 Å². The number of aryl methyl sites for hydroxylation is 1. The predicted molar refractivity (Wildman–Crippen MR) is 192 cm³/mol. The lowest BCUT2D eigenvalue weighted by molar-refractivity contribution is 0.660. The van der Waals surface area contributed by atoms with E-state index in [0.717, 1.165) is 6.42 Å². The summed E-state index contributed by atoms with van der Waals surface area (Å²) in [5, 5.41) is 5.32. The molecule has 0 aliphatic heterocycles. The van der Waals surface area contributed by atoms with Crippen molar-refractivity contribution >= 4 is 21.5 Å². The molecule has 2 aliphatic rings. The summed E-state index contributed by atoms with van der Waals surface area (Å²) < 4.78 is 0. The molecule has 0 saturated heterocycles. The van der Waals surface area contributed by atoms with Crippen LogP contribution in [0.25, 0.3) is 66.1 Å². The molecule has 0 amide bonds. The Morgan fingerprint density at radius 3 is 1.96 bits per heavy atom. The molecule has 0 bridgehead atoms. The van der Waals surface area contributed by atoms with Crippen molar-refractivity contribution in [3.8, 4) is 44.5 Å². The highest BCUT2D eigenvalue weighted by Gasteiger charge is 2.35. The molecule has 0 heterocycles. The van der Waals surface area contributed by atoms with E-state index in [1.54, 1.807) is 5.56 Å². The third-order valence-corrected chi connectivity index (χ3v) is 10.7. The van der Waals surface area contributed by atoms with Crippen LogP contribution in [0.15, 0.2) is 133 Å². The fourth-order valence-corrected chi connectivity index (χ4v) is 8.48. The molecule has 0 atom stereocenters. The van der Waals surface area contributed by atoms with Crippen molar-refractivity contribution in [1.29, 1.82) is 0 Å². The highest BCUT2D eigenvalue weighted by atomic mass is 14.4. The monoisotopic (exact) mass is 576 g/mol. The van der Waals surface area contributed by atoms with E-state index < -0.39 is 0 Å². The summed E-state index contributed by atoms with van der Waals surface area (Å²) in [5.74, 6) is 0. The van der Waals surface area contributed by atoms with Gasteiger partial charge in [0, 0.05) is 5.41 Å². The van der Waals surface area contributed by atoms with Crippen LogP contribution in [-0.2, 0) is 18.3 Å². The molecule has 0 N–H and O–H groups in total. The molecule has 45 heavy (non-hydrogen) atoms. The molecule has 0 heteroatoms. The fraction of sp³-hybridized carbons (Fsp3) is 0.156. The zero-order chi connectivity index (χ0) is 30.1. The second kappa shape index (κ2) is 10.0. The van der Waals surface area contributed by atoms with Crippen molar-refractivity contribution in [1.82, 2.24) is 0 Å². The third kappa shape index (κ3) is 3.98. The van der Waals surface area contributed by atoms with Crippen molar-refractivity contribution in [2.45, 2.75) is 44.9 Å². The highest BCUT2D eigenvalue weighted by Crippen LogP contribution is 2.52. The van der Waals surface area contributed by atoms with Crippen molar-refractivity contribution in [3.63, 3.8) is 0 Å². The number of rotatable bonds is 3. The summed E-state index contributed by atoms with van der Waals surface area (Å²) in [5.41, 5.74) is 16.6. The van der Waals surface area contributed by atoms with Crippen LogP contribution in [0, 0.1) is 0 Å². The first-order chi connectivity index (χ1) is 22.1. The third-order valence-electron chi connectivity index (χ3n) is 10.7. The molecular formula is C45H36. The molecule has 9 rings (SSSR count). The molecule has 216 valence electrons. The predicted octanol–water partition coefficient (Wildman–Crippen LogP) is 12.2. The molecule has 2 aliphatic carbocycles. The van der Waals surface area contributed by atoms with Crippen molar-refractivity contribution < 1.29 is 0 Å². The minimum Gasteiger partial charge on any atom is -0.0622 e. The van der Waals surface area contributed by atoms with Crippen LogP contribution in [-0.4, -0.2) is 0 Å². The summed E-state index contributed by atoms with van der Waals surface area (Å²) >= 11 is 0. The Balaban J connectivity index is 1.40. The van der Waals surface area contributed by atoms with E-state index in [4.69, 9.17) is 0 Å². The standard InChI is InChI=1S/C45H36/c1-45(2)41-22-11-10-18-34(41)39-28-32(24-26-42(39)45)43-36-19-8-9-20-37(36)44(35-21-12-16-30-15-6-7-17-33(30)35)38-25-23-31(27-40(38)43)29-13-4-3-5-14-29/h3-5,8-14,16,18-28H,6-7,15,17H2,1-2H3. The molecule has 0 unspecified atom stereocenters. The van der Waals surface area contributed by atoms with Crippen LogP contribution in [0.5, 0.6) is 0 Å². The van der Waals surface area contributed by atoms with E-state index in [1.165, 1.54) is 102 Å². The molecule has 0 radical (unpaired) electrons. The maximum Gasteiger partial charge on any atom is 0.0158 e. The van der Waals surface area contributed by atoms with Gasteiger partial charge in [-0.2, -0.15) is 0 Å². The lowest BCUT2D eigenvalue weighted by atomic mass is 9.80. The van der Waals surface area contributed by atoms with Gasteiger partial charge in [-0.15, -0.1) is 0 Å². The number of fused-ring (bicyclic) bond motifs is 6. The first-order valence-electron chi connectivity index (χ1n) is 16.5. The summed E-state index contributed by atoms with van der Waals surface area (Å²) in [6.45, 7) is 4.73. The van der Waals surface area contributed by atoms with Gasteiger partial charge in [0.15, 0.2) is 0 Å². The maximum atomic E-state index is 2.48. The van der Waals surface area contributed by atoms with Gasteiger partial charge in [-0.3, -0.25) is 0 Å². The van der Waals surface area contributed by atoms with Gasteiger partial charge in [0.1, 0.15) is 0 Å². The minimum atomic E-state index is -0.00860. The number of hydrogen-bond acceptors (Lipinski definition) is 0.